The maximum absolute atomic E-state index is 10.8. The maximum Gasteiger partial charge on any atom is 0.261 e. The Morgan fingerprint density at radius 3 is 2.75 bits per heavy atom. The third kappa shape index (κ3) is 1.40. The van der Waals surface area contributed by atoms with Gasteiger partial charge in [-0.25, -0.2) is 0 Å². The molecule has 1 heterocycles. The van der Waals surface area contributed by atoms with Crippen LogP contribution in [0.2, 0.25) is 0 Å². The van der Waals surface area contributed by atoms with Crippen molar-refractivity contribution in [2.45, 2.75) is 12.8 Å². The lowest BCUT2D eigenvalue weighted by Gasteiger charge is -2.12. The standard InChI is InChI=1S/C8H11N3O/c1-11-4-2-3-7(11)6(5-9)8(10)12/h2-4H2,1H3,(H2,10,12)/b7-6+. The topological polar surface area (TPSA) is 70.1 Å². The van der Waals surface area contributed by atoms with Crippen molar-refractivity contribution in [1.82, 2.24) is 4.90 Å². The highest BCUT2D eigenvalue weighted by molar-refractivity contribution is 5.96. The highest BCUT2D eigenvalue weighted by Crippen LogP contribution is 2.21. The Balaban J connectivity index is 3.01. The number of carbonyl (C=O) groups is 1. The molecule has 64 valence electrons. The minimum Gasteiger partial charge on any atom is -0.377 e. The van der Waals surface area contributed by atoms with E-state index in [1.165, 1.54) is 0 Å². The molecule has 0 bridgehead atoms. The van der Waals surface area contributed by atoms with Gasteiger partial charge in [-0.05, 0) is 12.8 Å². The zero-order chi connectivity index (χ0) is 9.14. The third-order valence-electron chi connectivity index (χ3n) is 2.01. The summed E-state index contributed by atoms with van der Waals surface area (Å²) in [5.41, 5.74) is 5.93. The molecule has 1 aliphatic rings. The summed E-state index contributed by atoms with van der Waals surface area (Å²) in [5.74, 6) is -0.624. The van der Waals surface area contributed by atoms with Crippen molar-refractivity contribution >= 4 is 5.91 Å². The molecule has 1 rings (SSSR count). The van der Waals surface area contributed by atoms with E-state index < -0.39 is 5.91 Å². The van der Waals surface area contributed by atoms with E-state index in [1.54, 1.807) is 0 Å². The van der Waals surface area contributed by atoms with Gasteiger partial charge in [0.1, 0.15) is 11.6 Å². The Hall–Kier alpha value is -1.50. The molecule has 0 spiro atoms. The highest BCUT2D eigenvalue weighted by Gasteiger charge is 2.20. The van der Waals surface area contributed by atoms with Gasteiger partial charge in [0.2, 0.25) is 0 Å². The van der Waals surface area contributed by atoms with E-state index in [4.69, 9.17) is 11.0 Å². The predicted molar refractivity (Wildman–Crippen MR) is 43.7 cm³/mol. The number of likely N-dealkylation sites (tertiary alicyclic amines) is 1. The monoisotopic (exact) mass is 165 g/mol. The van der Waals surface area contributed by atoms with Crippen LogP contribution in [0.1, 0.15) is 12.8 Å². The number of nitrogens with zero attached hydrogens (tertiary/aromatic N) is 2. The van der Waals surface area contributed by atoms with Gasteiger partial charge in [-0.1, -0.05) is 0 Å². The molecular formula is C8H11N3O. The number of hydrogen-bond donors (Lipinski definition) is 1. The molecule has 0 aliphatic carbocycles. The summed E-state index contributed by atoms with van der Waals surface area (Å²) >= 11 is 0. The van der Waals surface area contributed by atoms with Crippen molar-refractivity contribution in [1.29, 1.82) is 5.26 Å². The second-order valence-electron chi connectivity index (χ2n) is 2.82. The highest BCUT2D eigenvalue weighted by atomic mass is 16.1. The molecule has 1 saturated heterocycles. The molecule has 4 heteroatoms. The van der Waals surface area contributed by atoms with E-state index in [0.717, 1.165) is 25.1 Å². The second kappa shape index (κ2) is 3.26. The van der Waals surface area contributed by atoms with Crippen molar-refractivity contribution in [2.75, 3.05) is 13.6 Å². The Morgan fingerprint density at radius 1 is 1.75 bits per heavy atom. The Morgan fingerprint density at radius 2 is 2.42 bits per heavy atom. The summed E-state index contributed by atoms with van der Waals surface area (Å²) in [6.45, 7) is 0.897. The lowest BCUT2D eigenvalue weighted by molar-refractivity contribution is -0.114. The fourth-order valence-electron chi connectivity index (χ4n) is 1.39. The summed E-state index contributed by atoms with van der Waals surface area (Å²) in [7, 11) is 1.86. The third-order valence-corrected chi connectivity index (χ3v) is 2.01. The molecule has 1 aliphatic heterocycles. The maximum atomic E-state index is 10.8. The van der Waals surface area contributed by atoms with Crippen LogP contribution in [0.5, 0.6) is 0 Å². The van der Waals surface area contributed by atoms with E-state index in [2.05, 4.69) is 0 Å². The molecule has 1 amide bonds. The van der Waals surface area contributed by atoms with E-state index in [0.29, 0.717) is 0 Å². The molecule has 0 saturated carbocycles. The predicted octanol–water partition coefficient (Wildman–Crippen LogP) is -0.0250. The van der Waals surface area contributed by atoms with Crippen LogP contribution in [0.3, 0.4) is 0 Å². The zero-order valence-corrected chi connectivity index (χ0v) is 7.00. The first-order valence-corrected chi connectivity index (χ1v) is 3.81. The van der Waals surface area contributed by atoms with Crippen LogP contribution in [0.4, 0.5) is 0 Å². The van der Waals surface area contributed by atoms with E-state index in [9.17, 15) is 4.79 Å². The van der Waals surface area contributed by atoms with Gasteiger partial charge in [0.15, 0.2) is 0 Å². The zero-order valence-electron chi connectivity index (χ0n) is 7.00. The number of amides is 1. The average molecular weight is 165 g/mol. The van der Waals surface area contributed by atoms with Crippen LogP contribution in [0.15, 0.2) is 11.3 Å². The van der Waals surface area contributed by atoms with Crippen LogP contribution in [-0.2, 0) is 4.79 Å². The Bertz CT molecular complexity index is 275. The van der Waals surface area contributed by atoms with Crippen molar-refractivity contribution in [2.24, 2.45) is 5.73 Å². The minimum atomic E-state index is -0.624. The average Bonchev–Trinajstić information content (AvgIpc) is 2.38. The molecule has 2 N–H and O–H groups in total. The molecule has 0 aromatic rings. The largest absolute Gasteiger partial charge is 0.377 e. The Labute approximate surface area is 71.3 Å². The fourth-order valence-corrected chi connectivity index (χ4v) is 1.39. The van der Waals surface area contributed by atoms with Gasteiger partial charge in [0.05, 0.1) is 0 Å². The summed E-state index contributed by atoms with van der Waals surface area (Å²) in [6.07, 6.45) is 1.77. The molecule has 4 nitrogen and oxygen atoms in total. The normalized spacial score (nSPS) is 20.5. The minimum absolute atomic E-state index is 0.106. The van der Waals surface area contributed by atoms with Crippen molar-refractivity contribution < 1.29 is 4.79 Å². The fraction of sp³-hybridized carbons (Fsp3) is 0.500. The number of allylic oxidation sites excluding steroid dienone is 1. The van der Waals surface area contributed by atoms with Gasteiger partial charge >= 0.3 is 0 Å². The summed E-state index contributed by atoms with van der Waals surface area (Å²) in [6, 6.07) is 1.84. The van der Waals surface area contributed by atoms with Gasteiger partial charge in [0, 0.05) is 19.3 Å². The Kier molecular flexibility index (Phi) is 2.34. The van der Waals surface area contributed by atoms with Gasteiger partial charge in [-0.15, -0.1) is 0 Å². The number of carbonyl (C=O) groups excluding carboxylic acids is 1. The quantitative estimate of drug-likeness (QED) is 0.438. The van der Waals surface area contributed by atoms with Crippen molar-refractivity contribution in [3.05, 3.63) is 11.3 Å². The van der Waals surface area contributed by atoms with Gasteiger partial charge in [0.25, 0.3) is 5.91 Å². The van der Waals surface area contributed by atoms with Gasteiger partial charge in [-0.3, -0.25) is 4.79 Å². The van der Waals surface area contributed by atoms with Crippen molar-refractivity contribution in [3.63, 3.8) is 0 Å². The summed E-state index contributed by atoms with van der Waals surface area (Å²) in [4.78, 5) is 12.7. The molecule has 1 fully saturated rings. The first-order chi connectivity index (χ1) is 5.66. The molecule has 12 heavy (non-hydrogen) atoms. The number of nitriles is 1. The second-order valence-corrected chi connectivity index (χ2v) is 2.82. The van der Waals surface area contributed by atoms with Gasteiger partial charge in [-0.2, -0.15) is 5.26 Å². The lowest BCUT2D eigenvalue weighted by Crippen LogP contribution is -2.20. The summed E-state index contributed by atoms with van der Waals surface area (Å²) < 4.78 is 0. The number of nitrogens with two attached hydrogens (primary N) is 1. The first-order valence-electron chi connectivity index (χ1n) is 3.81. The number of hydrogen-bond acceptors (Lipinski definition) is 3. The summed E-state index contributed by atoms with van der Waals surface area (Å²) in [5, 5.41) is 8.64. The van der Waals surface area contributed by atoms with Crippen LogP contribution in [-0.4, -0.2) is 24.4 Å². The SMILES string of the molecule is CN1CCC/C1=C(/C#N)C(N)=O. The number of rotatable bonds is 1. The molecule has 0 aromatic heterocycles. The lowest BCUT2D eigenvalue weighted by atomic mass is 10.2. The molecule has 0 radical (unpaired) electrons. The molecule has 0 aromatic carbocycles. The van der Waals surface area contributed by atoms with Gasteiger partial charge < -0.3 is 10.6 Å². The molecular weight excluding hydrogens is 154 g/mol. The van der Waals surface area contributed by atoms with Crippen LogP contribution < -0.4 is 5.73 Å². The van der Waals surface area contributed by atoms with E-state index in [1.807, 2.05) is 18.0 Å². The smallest absolute Gasteiger partial charge is 0.261 e. The van der Waals surface area contributed by atoms with E-state index in [-0.39, 0.29) is 5.57 Å². The van der Waals surface area contributed by atoms with Crippen LogP contribution in [0.25, 0.3) is 0 Å². The number of primary amides is 1. The molecule has 0 atom stereocenters. The van der Waals surface area contributed by atoms with Crippen LogP contribution >= 0.6 is 0 Å². The first kappa shape index (κ1) is 8.60. The van der Waals surface area contributed by atoms with Crippen LogP contribution in [0, 0.1) is 11.3 Å². The van der Waals surface area contributed by atoms with Crippen molar-refractivity contribution in [3.8, 4) is 6.07 Å². The molecule has 0 unspecified atom stereocenters. The van der Waals surface area contributed by atoms with E-state index >= 15 is 0 Å².